The molecule has 0 saturated carbocycles. The van der Waals surface area contributed by atoms with Gasteiger partial charge in [0.25, 0.3) is 0 Å². The second kappa shape index (κ2) is 21.7. The molecule has 18 heteroatoms. The van der Waals surface area contributed by atoms with Crippen LogP contribution in [0.1, 0.15) is 68.5 Å². The number of ether oxygens (including phenoxy) is 4. The van der Waals surface area contributed by atoms with Crippen LogP contribution in [-0.4, -0.2) is 39.4 Å². The van der Waals surface area contributed by atoms with Gasteiger partial charge in [0.05, 0.1) is 24.3 Å². The Morgan fingerprint density at radius 3 is 0.800 bits per heavy atom. The monoisotopic (exact) mass is 1020 g/mol. The molecule has 70 heavy (non-hydrogen) atoms. The van der Waals surface area contributed by atoms with Gasteiger partial charge in [-0.1, -0.05) is 72.8 Å². The fourth-order valence-corrected chi connectivity index (χ4v) is 10.4. The first-order valence-electron chi connectivity index (χ1n) is 22.5. The highest BCUT2D eigenvalue weighted by atomic mass is 28.4. The predicted octanol–water partition coefficient (Wildman–Crippen LogP) is 12.8. The SMILES string of the molecule is C[Si](C)(O)CCCOc1c2cccc1Cc1cccc(c1OCc1c(F)c(F)c(F)c(F)c1F)Cc1cccc(c1OCCC[Si](C)(C)O)Cc1cccc(c1OCc1c(F)c(F)c(F)c(F)c1F)C2. The Morgan fingerprint density at radius 1 is 0.357 bits per heavy atom. The Bertz CT molecular complexity index is 2560. The van der Waals surface area contributed by atoms with Crippen LogP contribution in [0.25, 0.3) is 0 Å². The maximum absolute atomic E-state index is 15.1. The highest BCUT2D eigenvalue weighted by Gasteiger charge is 2.30. The van der Waals surface area contributed by atoms with Gasteiger partial charge in [-0.25, -0.2) is 43.9 Å². The van der Waals surface area contributed by atoms with E-state index in [1.54, 1.807) is 99.0 Å². The summed E-state index contributed by atoms with van der Waals surface area (Å²) in [6.07, 6.45) is 1.02. The normalized spacial score (nSPS) is 12.8. The highest BCUT2D eigenvalue weighted by Crippen LogP contribution is 2.40. The van der Waals surface area contributed by atoms with Crippen LogP contribution >= 0.6 is 0 Å². The van der Waals surface area contributed by atoms with Gasteiger partial charge < -0.3 is 28.5 Å². The lowest BCUT2D eigenvalue weighted by atomic mass is 9.91. The topological polar surface area (TPSA) is 77.4 Å². The molecule has 6 aromatic carbocycles. The number of benzene rings is 6. The molecular formula is C52H50F10O6Si2. The first kappa shape index (κ1) is 52.0. The largest absolute Gasteiger partial charge is 0.493 e. The van der Waals surface area contributed by atoms with E-state index in [1.807, 2.05) is 0 Å². The van der Waals surface area contributed by atoms with Crippen molar-refractivity contribution >= 4 is 16.6 Å². The number of para-hydroxylation sites is 4. The molecule has 8 bridgehead atoms. The summed E-state index contributed by atoms with van der Waals surface area (Å²) in [6.45, 7) is 5.33. The van der Waals surface area contributed by atoms with Crippen molar-refractivity contribution in [3.8, 4) is 23.0 Å². The van der Waals surface area contributed by atoms with Crippen molar-refractivity contribution < 1.29 is 72.4 Å². The Kier molecular flexibility index (Phi) is 16.1. The molecule has 6 aromatic rings. The third kappa shape index (κ3) is 11.8. The molecular weight excluding hydrogens is 967 g/mol. The standard InChI is InChI=1S/C52H50F10O6Si2/c1-69(2,63)21-9-19-65-49-29-11-5-12-30(49)24-34-16-8-18-36(52(34)68-28-38-41(55)45(59)48(62)46(60)42(38)56)26-32-14-6-13-31(50(32)66-20-10-22-70(3,4)64)25-35-17-7-15-33(23-29)51(35)67-27-37-39(53)43(57)47(61)44(58)40(37)54/h5-8,11-18,63-64H,9-10,19-28H2,1-4H3. The van der Waals surface area contributed by atoms with Crippen molar-refractivity contribution in [3.63, 3.8) is 0 Å². The van der Waals surface area contributed by atoms with Gasteiger partial charge in [-0.2, -0.15) is 0 Å². The molecule has 7 rings (SSSR count). The van der Waals surface area contributed by atoms with Gasteiger partial charge >= 0.3 is 0 Å². The van der Waals surface area contributed by atoms with Gasteiger partial charge in [-0.3, -0.25) is 0 Å². The Balaban J connectivity index is 1.41. The lowest BCUT2D eigenvalue weighted by molar-refractivity contribution is 0.274. The zero-order chi connectivity index (χ0) is 50.7. The maximum atomic E-state index is 15.1. The summed E-state index contributed by atoms with van der Waals surface area (Å²) in [5, 5.41) is 0. The van der Waals surface area contributed by atoms with E-state index in [0.29, 0.717) is 80.9 Å². The van der Waals surface area contributed by atoms with Crippen molar-refractivity contribution in [3.05, 3.63) is 187 Å². The molecule has 0 aliphatic heterocycles. The Hall–Kier alpha value is -5.83. The first-order valence-corrected chi connectivity index (χ1v) is 28.8. The molecule has 0 unspecified atom stereocenters. The van der Waals surface area contributed by atoms with Gasteiger partial charge in [0.2, 0.25) is 11.6 Å². The molecule has 0 aromatic heterocycles. The zero-order valence-corrected chi connectivity index (χ0v) is 40.7. The second-order valence-electron chi connectivity index (χ2n) is 18.5. The third-order valence-electron chi connectivity index (χ3n) is 11.9. The first-order chi connectivity index (χ1) is 33.1. The van der Waals surface area contributed by atoms with Crippen LogP contribution in [0.3, 0.4) is 0 Å². The predicted molar refractivity (Wildman–Crippen MR) is 247 cm³/mol. The summed E-state index contributed by atoms with van der Waals surface area (Å²) in [5.74, 6) is -20.4. The number of hydrogen-bond acceptors (Lipinski definition) is 6. The molecule has 0 atom stereocenters. The van der Waals surface area contributed by atoms with E-state index in [4.69, 9.17) is 18.9 Å². The van der Waals surface area contributed by atoms with Crippen LogP contribution in [0.2, 0.25) is 38.3 Å². The van der Waals surface area contributed by atoms with Crippen molar-refractivity contribution in [2.45, 2.75) is 90.0 Å². The van der Waals surface area contributed by atoms with Gasteiger partial charge in [-0.15, -0.1) is 0 Å². The summed E-state index contributed by atoms with van der Waals surface area (Å²) < 4.78 is 172. The molecule has 1 aliphatic carbocycles. The van der Waals surface area contributed by atoms with Gasteiger partial charge in [0, 0.05) is 25.7 Å². The molecule has 0 spiro atoms. The summed E-state index contributed by atoms with van der Waals surface area (Å²) in [4.78, 5) is 21.2. The third-order valence-corrected chi connectivity index (χ3v) is 15.1. The summed E-state index contributed by atoms with van der Waals surface area (Å²) >= 11 is 0. The molecule has 2 N–H and O–H groups in total. The average molecular weight is 1020 g/mol. The lowest BCUT2D eigenvalue weighted by Crippen LogP contribution is -2.25. The van der Waals surface area contributed by atoms with E-state index in [2.05, 4.69) is 0 Å². The van der Waals surface area contributed by atoms with Crippen LogP contribution in [-0.2, 0) is 38.9 Å². The molecule has 0 radical (unpaired) electrons. The molecule has 0 amide bonds. The van der Waals surface area contributed by atoms with E-state index < -0.39 is 99.1 Å². The summed E-state index contributed by atoms with van der Waals surface area (Å²) in [5.41, 5.74) is 1.61. The summed E-state index contributed by atoms with van der Waals surface area (Å²) in [6, 6.07) is 21.7. The molecule has 6 nitrogen and oxygen atoms in total. The van der Waals surface area contributed by atoms with Crippen LogP contribution < -0.4 is 18.9 Å². The van der Waals surface area contributed by atoms with E-state index in [9.17, 15) is 35.9 Å². The number of rotatable bonds is 16. The van der Waals surface area contributed by atoms with Crippen LogP contribution in [0, 0.1) is 58.2 Å². The van der Waals surface area contributed by atoms with Crippen molar-refractivity contribution in [1.82, 2.24) is 0 Å². The van der Waals surface area contributed by atoms with Crippen LogP contribution in [0.5, 0.6) is 23.0 Å². The fraction of sp³-hybridized carbons (Fsp3) is 0.308. The number of hydrogen-bond donors (Lipinski definition) is 2. The zero-order valence-electron chi connectivity index (χ0n) is 38.7. The minimum absolute atomic E-state index is 0.0254. The van der Waals surface area contributed by atoms with Crippen molar-refractivity contribution in [2.75, 3.05) is 13.2 Å². The number of halogens is 10. The van der Waals surface area contributed by atoms with E-state index >= 15 is 17.6 Å². The molecule has 1 aliphatic rings. The highest BCUT2D eigenvalue weighted by molar-refractivity contribution is 6.70. The molecule has 0 heterocycles. The Labute approximate surface area is 400 Å². The minimum atomic E-state index is -2.51. The summed E-state index contributed by atoms with van der Waals surface area (Å²) in [7, 11) is -5.02. The van der Waals surface area contributed by atoms with Gasteiger partial charge in [0.15, 0.2) is 63.2 Å². The van der Waals surface area contributed by atoms with Crippen LogP contribution in [0.4, 0.5) is 43.9 Å². The van der Waals surface area contributed by atoms with E-state index in [0.717, 1.165) is 0 Å². The lowest BCUT2D eigenvalue weighted by Gasteiger charge is -2.23. The average Bonchev–Trinajstić information content (AvgIpc) is 3.30. The van der Waals surface area contributed by atoms with E-state index in [1.165, 1.54) is 0 Å². The number of fused-ring (bicyclic) bond motifs is 8. The maximum Gasteiger partial charge on any atom is 0.200 e. The van der Waals surface area contributed by atoms with Gasteiger partial charge in [-0.05, 0) is 95.6 Å². The van der Waals surface area contributed by atoms with Crippen LogP contribution in [0.15, 0.2) is 72.8 Å². The Morgan fingerprint density at radius 2 is 0.571 bits per heavy atom. The second-order valence-corrected chi connectivity index (χ2v) is 26.8. The quantitative estimate of drug-likeness (QED) is 0.0330. The fourth-order valence-electron chi connectivity index (χ4n) is 8.43. The molecule has 0 fully saturated rings. The van der Waals surface area contributed by atoms with Gasteiger partial charge in [0.1, 0.15) is 36.2 Å². The van der Waals surface area contributed by atoms with E-state index in [-0.39, 0.29) is 50.4 Å². The molecule has 0 saturated heterocycles. The van der Waals surface area contributed by atoms with Crippen molar-refractivity contribution in [1.29, 1.82) is 0 Å². The smallest absolute Gasteiger partial charge is 0.200 e. The van der Waals surface area contributed by atoms with Crippen molar-refractivity contribution in [2.24, 2.45) is 0 Å². The minimum Gasteiger partial charge on any atom is -0.493 e. The molecule has 372 valence electrons.